The normalized spacial score (nSPS) is 11.3. The van der Waals surface area contributed by atoms with Gasteiger partial charge >= 0.3 is 0 Å². The second kappa shape index (κ2) is 5.17. The number of aryl methyl sites for hydroxylation is 3. The summed E-state index contributed by atoms with van der Waals surface area (Å²) < 4.78 is 3.93. The maximum absolute atomic E-state index is 4.65. The number of rotatable bonds is 4. The molecule has 0 aliphatic carbocycles. The lowest BCUT2D eigenvalue weighted by atomic mass is 10.2. The second-order valence-electron chi connectivity index (χ2n) is 5.00. The third kappa shape index (κ3) is 2.30. The van der Waals surface area contributed by atoms with Gasteiger partial charge in [0.25, 0.3) is 0 Å². The molecular formula is C14H23N5. The van der Waals surface area contributed by atoms with Crippen molar-refractivity contribution in [2.24, 2.45) is 7.05 Å². The van der Waals surface area contributed by atoms with Crippen molar-refractivity contribution in [2.45, 2.75) is 41.2 Å². The first-order valence-corrected chi connectivity index (χ1v) is 6.73. The van der Waals surface area contributed by atoms with Gasteiger partial charge in [0, 0.05) is 24.8 Å². The number of nitrogens with one attached hydrogen (secondary N) is 1. The van der Waals surface area contributed by atoms with Crippen molar-refractivity contribution in [1.82, 2.24) is 24.9 Å². The Balaban J connectivity index is 2.57. The fraction of sp³-hybridized carbons (Fsp3) is 0.571. The molecule has 2 heterocycles. The summed E-state index contributed by atoms with van der Waals surface area (Å²) in [7, 11) is 1.98. The Kier molecular flexibility index (Phi) is 3.75. The summed E-state index contributed by atoms with van der Waals surface area (Å²) in [6.07, 6.45) is 0. The predicted octanol–water partition coefficient (Wildman–Crippen LogP) is 1.95. The average molecular weight is 261 g/mol. The van der Waals surface area contributed by atoms with Gasteiger partial charge in [-0.15, -0.1) is 0 Å². The minimum Gasteiger partial charge on any atom is -0.313 e. The van der Waals surface area contributed by atoms with Crippen LogP contribution in [0.2, 0.25) is 0 Å². The van der Waals surface area contributed by atoms with Crippen LogP contribution in [0.4, 0.5) is 0 Å². The molecule has 19 heavy (non-hydrogen) atoms. The zero-order valence-corrected chi connectivity index (χ0v) is 12.7. The number of hydrogen-bond donors (Lipinski definition) is 1. The third-order valence-electron chi connectivity index (χ3n) is 3.72. The highest BCUT2D eigenvalue weighted by molar-refractivity contribution is 5.40. The Bertz CT molecular complexity index is 591. The minimum absolute atomic E-state index is 0.822. The van der Waals surface area contributed by atoms with E-state index in [2.05, 4.69) is 43.2 Å². The Hall–Kier alpha value is -1.62. The molecule has 0 radical (unpaired) electrons. The summed E-state index contributed by atoms with van der Waals surface area (Å²) in [5.41, 5.74) is 5.77. The molecule has 0 aliphatic rings. The molecule has 104 valence electrons. The largest absolute Gasteiger partial charge is 0.313 e. The highest BCUT2D eigenvalue weighted by Crippen LogP contribution is 2.21. The quantitative estimate of drug-likeness (QED) is 0.915. The van der Waals surface area contributed by atoms with Gasteiger partial charge in [0.1, 0.15) is 0 Å². The highest BCUT2D eigenvalue weighted by Gasteiger charge is 2.18. The highest BCUT2D eigenvalue weighted by atomic mass is 15.4. The Morgan fingerprint density at radius 2 is 1.74 bits per heavy atom. The summed E-state index contributed by atoms with van der Waals surface area (Å²) >= 11 is 0. The van der Waals surface area contributed by atoms with E-state index in [1.165, 1.54) is 16.8 Å². The van der Waals surface area contributed by atoms with Gasteiger partial charge in [-0.1, -0.05) is 6.92 Å². The van der Waals surface area contributed by atoms with E-state index in [0.29, 0.717) is 0 Å². The van der Waals surface area contributed by atoms with E-state index >= 15 is 0 Å². The summed E-state index contributed by atoms with van der Waals surface area (Å²) in [4.78, 5) is 0. The van der Waals surface area contributed by atoms with Crippen molar-refractivity contribution in [3.05, 3.63) is 28.2 Å². The van der Waals surface area contributed by atoms with E-state index in [-0.39, 0.29) is 0 Å². The first kappa shape index (κ1) is 13.8. The van der Waals surface area contributed by atoms with Crippen molar-refractivity contribution in [3.8, 4) is 5.82 Å². The number of nitrogens with zero attached hydrogens (tertiary/aromatic N) is 4. The lowest BCUT2D eigenvalue weighted by molar-refractivity contribution is 0.669. The van der Waals surface area contributed by atoms with Gasteiger partial charge < -0.3 is 5.32 Å². The third-order valence-corrected chi connectivity index (χ3v) is 3.72. The van der Waals surface area contributed by atoms with Gasteiger partial charge in [-0.3, -0.25) is 4.68 Å². The van der Waals surface area contributed by atoms with E-state index in [4.69, 9.17) is 0 Å². The number of hydrogen-bond acceptors (Lipinski definition) is 3. The molecule has 2 rings (SSSR count). The first-order valence-electron chi connectivity index (χ1n) is 6.73. The van der Waals surface area contributed by atoms with Crippen LogP contribution in [0.15, 0.2) is 0 Å². The predicted molar refractivity (Wildman–Crippen MR) is 76.7 cm³/mol. The summed E-state index contributed by atoms with van der Waals surface area (Å²) in [6, 6.07) is 0. The molecule has 2 aromatic heterocycles. The molecule has 0 spiro atoms. The van der Waals surface area contributed by atoms with E-state index in [0.717, 1.165) is 30.3 Å². The van der Waals surface area contributed by atoms with Crippen LogP contribution in [0, 0.1) is 27.7 Å². The first-order chi connectivity index (χ1) is 8.97. The Labute approximate surface area is 114 Å². The molecule has 0 atom stereocenters. The maximum atomic E-state index is 4.65. The molecule has 1 N–H and O–H groups in total. The van der Waals surface area contributed by atoms with E-state index in [9.17, 15) is 0 Å². The van der Waals surface area contributed by atoms with Gasteiger partial charge in [0.15, 0.2) is 5.82 Å². The summed E-state index contributed by atoms with van der Waals surface area (Å²) in [6.45, 7) is 12.2. The van der Waals surface area contributed by atoms with Crippen LogP contribution in [-0.2, 0) is 13.6 Å². The zero-order valence-electron chi connectivity index (χ0n) is 12.7. The van der Waals surface area contributed by atoms with E-state index < -0.39 is 0 Å². The number of aromatic nitrogens is 4. The van der Waals surface area contributed by atoms with Crippen LogP contribution in [0.25, 0.3) is 5.82 Å². The van der Waals surface area contributed by atoms with E-state index in [1.54, 1.807) is 0 Å². The molecule has 0 unspecified atom stereocenters. The molecule has 0 amide bonds. The smallest absolute Gasteiger partial charge is 0.156 e. The second-order valence-corrected chi connectivity index (χ2v) is 5.00. The lowest BCUT2D eigenvalue weighted by Gasteiger charge is -2.09. The molecule has 0 bridgehead atoms. The van der Waals surface area contributed by atoms with Crippen LogP contribution in [-0.4, -0.2) is 26.1 Å². The fourth-order valence-corrected chi connectivity index (χ4v) is 2.34. The molecule has 5 heteroatoms. The standard InChI is InChI=1S/C14H23N5/c1-7-15-8-13-11(4)16-18(6)14(13)19-12(5)9(2)10(3)17-19/h15H,7-8H2,1-6H3. The van der Waals surface area contributed by atoms with Gasteiger partial charge in [0.2, 0.25) is 0 Å². The van der Waals surface area contributed by atoms with Crippen molar-refractivity contribution >= 4 is 0 Å². The molecule has 0 fully saturated rings. The fourth-order valence-electron chi connectivity index (χ4n) is 2.34. The maximum Gasteiger partial charge on any atom is 0.156 e. The molecule has 0 aromatic carbocycles. The summed E-state index contributed by atoms with van der Waals surface area (Å²) in [5.74, 6) is 1.06. The lowest BCUT2D eigenvalue weighted by Crippen LogP contribution is -2.16. The van der Waals surface area contributed by atoms with E-state index in [1.807, 2.05) is 23.3 Å². The molecule has 0 saturated carbocycles. The average Bonchev–Trinajstić information content (AvgIpc) is 2.78. The van der Waals surface area contributed by atoms with Crippen molar-refractivity contribution in [2.75, 3.05) is 6.54 Å². The van der Waals surface area contributed by atoms with Gasteiger partial charge in [0.05, 0.1) is 11.4 Å². The van der Waals surface area contributed by atoms with Crippen LogP contribution < -0.4 is 5.32 Å². The molecule has 2 aromatic rings. The van der Waals surface area contributed by atoms with Gasteiger partial charge in [-0.25, -0.2) is 4.68 Å². The molecule has 5 nitrogen and oxygen atoms in total. The SMILES string of the molecule is CCNCc1c(C)nn(C)c1-n1nc(C)c(C)c1C. The van der Waals surface area contributed by atoms with Crippen LogP contribution >= 0.6 is 0 Å². The zero-order chi connectivity index (χ0) is 14.2. The van der Waals surface area contributed by atoms with Gasteiger partial charge in [-0.05, 0) is 39.8 Å². The van der Waals surface area contributed by atoms with Gasteiger partial charge in [-0.2, -0.15) is 10.2 Å². The molecule has 0 aliphatic heterocycles. The Morgan fingerprint density at radius 1 is 1.05 bits per heavy atom. The van der Waals surface area contributed by atoms with Crippen molar-refractivity contribution in [1.29, 1.82) is 0 Å². The minimum atomic E-state index is 0.822. The van der Waals surface area contributed by atoms with Crippen molar-refractivity contribution < 1.29 is 0 Å². The van der Waals surface area contributed by atoms with Crippen LogP contribution in [0.1, 0.15) is 35.1 Å². The van der Waals surface area contributed by atoms with Crippen LogP contribution in [0.5, 0.6) is 0 Å². The molecule has 0 saturated heterocycles. The summed E-state index contributed by atoms with van der Waals surface area (Å²) in [5, 5.41) is 12.6. The monoisotopic (exact) mass is 261 g/mol. The molecular weight excluding hydrogens is 238 g/mol. The topological polar surface area (TPSA) is 47.7 Å². The Morgan fingerprint density at radius 3 is 2.26 bits per heavy atom. The van der Waals surface area contributed by atoms with Crippen LogP contribution in [0.3, 0.4) is 0 Å². The van der Waals surface area contributed by atoms with Crippen molar-refractivity contribution in [3.63, 3.8) is 0 Å².